The van der Waals surface area contributed by atoms with Crippen molar-refractivity contribution in [2.45, 2.75) is 13.3 Å². The average Bonchev–Trinajstić information content (AvgIpc) is 3.56. The van der Waals surface area contributed by atoms with Crippen LogP contribution in [0.1, 0.15) is 34.1 Å². The molecule has 0 heterocycles. The first-order valence-electron chi connectivity index (χ1n) is 10.8. The molecule has 3 amide bonds. The van der Waals surface area contributed by atoms with Crippen LogP contribution in [0.25, 0.3) is 0 Å². The fraction of sp³-hybridized carbons (Fsp3) is 0.192. The summed E-state index contributed by atoms with van der Waals surface area (Å²) in [4.78, 5) is 37.5. The van der Waals surface area contributed by atoms with Crippen LogP contribution in [-0.4, -0.2) is 24.8 Å². The van der Waals surface area contributed by atoms with Gasteiger partial charge in [-0.3, -0.25) is 14.4 Å². The van der Waals surface area contributed by atoms with Crippen LogP contribution in [0.2, 0.25) is 0 Å². The number of halogens is 1. The van der Waals surface area contributed by atoms with E-state index >= 15 is 0 Å². The number of hydrogen-bond acceptors (Lipinski definition) is 4. The highest BCUT2D eigenvalue weighted by molar-refractivity contribution is 6.07. The van der Waals surface area contributed by atoms with Crippen LogP contribution < -0.4 is 20.7 Å². The minimum absolute atomic E-state index is 0.0257. The number of carbonyl (C=O) groups excluding carboxylic acids is 3. The minimum atomic E-state index is -0.523. The fourth-order valence-electron chi connectivity index (χ4n) is 3.57. The Kier molecular flexibility index (Phi) is 6.58. The normalized spacial score (nSPS) is 16.3. The third kappa shape index (κ3) is 5.40. The highest BCUT2D eigenvalue weighted by Gasteiger charge is 2.39. The molecule has 7 nitrogen and oxygen atoms in total. The van der Waals surface area contributed by atoms with E-state index in [9.17, 15) is 18.8 Å². The number of benzene rings is 3. The molecule has 8 heteroatoms. The van der Waals surface area contributed by atoms with Crippen molar-refractivity contribution in [3.63, 3.8) is 0 Å². The van der Waals surface area contributed by atoms with Gasteiger partial charge in [0.05, 0.1) is 12.8 Å². The van der Waals surface area contributed by atoms with Crippen LogP contribution in [0.3, 0.4) is 0 Å². The van der Waals surface area contributed by atoms with Crippen LogP contribution in [0.5, 0.6) is 5.75 Å². The molecule has 174 valence electrons. The van der Waals surface area contributed by atoms with Gasteiger partial charge in [-0.15, -0.1) is 0 Å². The summed E-state index contributed by atoms with van der Waals surface area (Å²) in [7, 11) is 1.45. The molecule has 1 fully saturated rings. The Morgan fingerprint density at radius 2 is 1.50 bits per heavy atom. The van der Waals surface area contributed by atoms with E-state index in [0.717, 1.165) is 12.5 Å². The van der Waals surface area contributed by atoms with Crippen molar-refractivity contribution >= 4 is 34.8 Å². The fourth-order valence-corrected chi connectivity index (χ4v) is 3.57. The molecule has 2 unspecified atom stereocenters. The zero-order chi connectivity index (χ0) is 24.2. The molecule has 1 aliphatic rings. The molecule has 1 aliphatic carbocycles. The Hall–Kier alpha value is -4.20. The van der Waals surface area contributed by atoms with Gasteiger partial charge in [-0.1, -0.05) is 19.1 Å². The highest BCUT2D eigenvalue weighted by Crippen LogP contribution is 2.38. The number of carbonyl (C=O) groups is 3. The van der Waals surface area contributed by atoms with Crippen molar-refractivity contribution < 1.29 is 23.5 Å². The van der Waals surface area contributed by atoms with Crippen molar-refractivity contribution in [3.05, 3.63) is 83.7 Å². The topological polar surface area (TPSA) is 96.5 Å². The molecule has 0 aromatic heterocycles. The van der Waals surface area contributed by atoms with Crippen LogP contribution in [0.15, 0.2) is 66.7 Å². The first-order chi connectivity index (χ1) is 16.3. The number of nitrogens with one attached hydrogen (secondary N) is 3. The van der Waals surface area contributed by atoms with Gasteiger partial charge in [0.1, 0.15) is 11.6 Å². The molecule has 2 atom stereocenters. The lowest BCUT2D eigenvalue weighted by atomic mass is 10.1. The number of hydrogen-bond donors (Lipinski definition) is 3. The quantitative estimate of drug-likeness (QED) is 0.465. The lowest BCUT2D eigenvalue weighted by Crippen LogP contribution is -2.16. The maximum absolute atomic E-state index is 13.5. The molecule has 0 saturated heterocycles. The Bertz CT molecular complexity index is 1260. The van der Waals surface area contributed by atoms with E-state index in [-0.39, 0.29) is 23.3 Å². The summed E-state index contributed by atoms with van der Waals surface area (Å²) in [6.45, 7) is 2.03. The first kappa shape index (κ1) is 23.0. The smallest absolute Gasteiger partial charge is 0.255 e. The largest absolute Gasteiger partial charge is 0.495 e. The van der Waals surface area contributed by atoms with E-state index in [1.165, 1.54) is 25.3 Å². The standard InChI is InChI=1S/C26H24FN3O4/c1-15-11-21(15)26(33)29-19-8-4-6-17(13-19)24(31)28-20-9-10-23(34-2)22(14-20)30-25(32)16-5-3-7-18(27)12-16/h3-10,12-15,21H,11H2,1-2H3,(H,28,31)(H,29,33)(H,30,32). The SMILES string of the molecule is COc1ccc(NC(=O)c2cccc(NC(=O)C3CC3C)c2)cc1NC(=O)c1cccc(F)c1. The Balaban J connectivity index is 1.47. The third-order valence-corrected chi connectivity index (χ3v) is 5.63. The van der Waals surface area contributed by atoms with Gasteiger partial charge >= 0.3 is 0 Å². The van der Waals surface area contributed by atoms with Gasteiger partial charge in [0.2, 0.25) is 5.91 Å². The second-order valence-corrected chi connectivity index (χ2v) is 8.22. The summed E-state index contributed by atoms with van der Waals surface area (Å²) in [6.07, 6.45) is 0.877. The molecular formula is C26H24FN3O4. The zero-order valence-corrected chi connectivity index (χ0v) is 18.7. The maximum atomic E-state index is 13.5. The summed E-state index contributed by atoms with van der Waals surface area (Å²) >= 11 is 0. The van der Waals surface area contributed by atoms with Gasteiger partial charge < -0.3 is 20.7 Å². The van der Waals surface area contributed by atoms with E-state index < -0.39 is 11.7 Å². The van der Waals surface area contributed by atoms with E-state index in [1.54, 1.807) is 42.5 Å². The Morgan fingerprint density at radius 1 is 0.853 bits per heavy atom. The molecule has 1 saturated carbocycles. The van der Waals surface area contributed by atoms with Crippen LogP contribution >= 0.6 is 0 Å². The predicted octanol–water partition coefficient (Wildman–Crippen LogP) is 4.93. The number of rotatable bonds is 7. The number of amides is 3. The molecule has 3 aromatic carbocycles. The summed E-state index contributed by atoms with van der Waals surface area (Å²) in [5, 5.41) is 8.31. The van der Waals surface area contributed by atoms with Crippen molar-refractivity contribution in [2.75, 3.05) is 23.1 Å². The van der Waals surface area contributed by atoms with Crippen molar-refractivity contribution in [1.82, 2.24) is 0 Å². The van der Waals surface area contributed by atoms with E-state index in [1.807, 2.05) is 6.92 Å². The molecule has 34 heavy (non-hydrogen) atoms. The van der Waals surface area contributed by atoms with Crippen molar-refractivity contribution in [3.8, 4) is 5.75 Å². The Morgan fingerprint density at radius 3 is 2.18 bits per heavy atom. The van der Waals surface area contributed by atoms with E-state index in [4.69, 9.17) is 4.74 Å². The zero-order valence-electron chi connectivity index (χ0n) is 18.7. The molecule has 3 aromatic rings. The van der Waals surface area contributed by atoms with Gasteiger partial charge in [0.25, 0.3) is 11.8 Å². The molecule has 0 spiro atoms. The van der Waals surface area contributed by atoms with Gasteiger partial charge in [0, 0.05) is 28.4 Å². The average molecular weight is 461 g/mol. The number of ether oxygens (including phenoxy) is 1. The van der Waals surface area contributed by atoms with E-state index in [2.05, 4.69) is 16.0 Å². The van der Waals surface area contributed by atoms with Gasteiger partial charge in [-0.25, -0.2) is 4.39 Å². The summed E-state index contributed by atoms with van der Waals surface area (Å²) < 4.78 is 18.8. The third-order valence-electron chi connectivity index (χ3n) is 5.63. The predicted molar refractivity (Wildman–Crippen MR) is 128 cm³/mol. The summed E-state index contributed by atoms with van der Waals surface area (Å²) in [5.74, 6) is -0.681. The first-order valence-corrected chi connectivity index (χ1v) is 10.8. The van der Waals surface area contributed by atoms with Crippen molar-refractivity contribution in [1.29, 1.82) is 0 Å². The molecule has 0 aliphatic heterocycles. The maximum Gasteiger partial charge on any atom is 0.255 e. The second kappa shape index (κ2) is 9.74. The summed E-state index contributed by atoms with van der Waals surface area (Å²) in [5.41, 5.74) is 1.80. The summed E-state index contributed by atoms with van der Waals surface area (Å²) in [6, 6.07) is 16.8. The van der Waals surface area contributed by atoms with Crippen LogP contribution in [-0.2, 0) is 4.79 Å². The number of methoxy groups -OCH3 is 1. The Labute approximate surface area is 196 Å². The van der Waals surface area contributed by atoms with Crippen LogP contribution in [0, 0.1) is 17.7 Å². The monoisotopic (exact) mass is 461 g/mol. The molecule has 0 bridgehead atoms. The van der Waals surface area contributed by atoms with Crippen LogP contribution in [0.4, 0.5) is 21.5 Å². The lowest BCUT2D eigenvalue weighted by Gasteiger charge is -2.13. The van der Waals surface area contributed by atoms with Gasteiger partial charge in [-0.05, 0) is 66.9 Å². The lowest BCUT2D eigenvalue weighted by molar-refractivity contribution is -0.117. The molecule has 3 N–H and O–H groups in total. The van der Waals surface area contributed by atoms with Gasteiger partial charge in [-0.2, -0.15) is 0 Å². The second-order valence-electron chi connectivity index (χ2n) is 8.22. The molecule has 4 rings (SSSR count). The molecule has 0 radical (unpaired) electrons. The molecular weight excluding hydrogens is 437 g/mol. The van der Waals surface area contributed by atoms with Gasteiger partial charge in [0.15, 0.2) is 0 Å². The van der Waals surface area contributed by atoms with E-state index in [0.29, 0.717) is 34.3 Å². The minimum Gasteiger partial charge on any atom is -0.495 e. The van der Waals surface area contributed by atoms with Crippen molar-refractivity contribution in [2.24, 2.45) is 11.8 Å². The number of anilines is 3. The highest BCUT2D eigenvalue weighted by atomic mass is 19.1.